The minimum absolute atomic E-state index is 0.0196. The third-order valence-electron chi connectivity index (χ3n) is 3.87. The Morgan fingerprint density at radius 1 is 1.38 bits per heavy atom. The lowest BCUT2D eigenvalue weighted by Crippen LogP contribution is -2.24. The van der Waals surface area contributed by atoms with Crippen LogP contribution in [0.3, 0.4) is 0 Å². The number of anilines is 1. The Hall–Kier alpha value is -2.30. The standard InChI is InChI=1S/C16H19N3O2/c1-9(2)13-14(17)18-15(19-16(13)20)11-7-8-21-12-6-4-3-5-10(11)12/h3-6,9,11H,7-8H2,1-2H3,(H3,17,18,19,20). The number of rotatable bonds is 2. The normalized spacial score (nSPS) is 17.4. The molecule has 0 radical (unpaired) electrons. The smallest absolute Gasteiger partial charge is 0.256 e. The van der Waals surface area contributed by atoms with E-state index in [-0.39, 0.29) is 17.4 Å². The van der Waals surface area contributed by atoms with E-state index in [1.165, 1.54) is 0 Å². The number of nitrogens with zero attached hydrogens (tertiary/aromatic N) is 1. The molecule has 2 heterocycles. The first-order valence-electron chi connectivity index (χ1n) is 7.19. The molecule has 1 atom stereocenters. The van der Waals surface area contributed by atoms with Crippen LogP contribution >= 0.6 is 0 Å². The maximum Gasteiger partial charge on any atom is 0.256 e. The third-order valence-corrected chi connectivity index (χ3v) is 3.87. The molecule has 1 aliphatic heterocycles. The maximum absolute atomic E-state index is 12.3. The van der Waals surface area contributed by atoms with Crippen LogP contribution in [0.4, 0.5) is 5.82 Å². The second-order valence-corrected chi connectivity index (χ2v) is 5.63. The maximum atomic E-state index is 12.3. The molecular weight excluding hydrogens is 266 g/mol. The molecule has 5 nitrogen and oxygen atoms in total. The van der Waals surface area contributed by atoms with Crippen LogP contribution in [-0.4, -0.2) is 16.6 Å². The minimum atomic E-state index is -0.142. The van der Waals surface area contributed by atoms with Crippen LogP contribution in [0.1, 0.15) is 49.1 Å². The zero-order chi connectivity index (χ0) is 15.0. The van der Waals surface area contributed by atoms with Crippen LogP contribution < -0.4 is 16.0 Å². The predicted molar refractivity (Wildman–Crippen MR) is 81.8 cm³/mol. The van der Waals surface area contributed by atoms with Crippen molar-refractivity contribution in [3.05, 3.63) is 51.6 Å². The quantitative estimate of drug-likeness (QED) is 0.887. The van der Waals surface area contributed by atoms with Gasteiger partial charge in [0, 0.05) is 11.5 Å². The second-order valence-electron chi connectivity index (χ2n) is 5.63. The van der Waals surface area contributed by atoms with Gasteiger partial charge in [0.25, 0.3) is 5.56 Å². The first kappa shape index (κ1) is 13.7. The summed E-state index contributed by atoms with van der Waals surface area (Å²) in [5.74, 6) is 1.87. The first-order chi connectivity index (χ1) is 10.1. The Morgan fingerprint density at radius 3 is 2.86 bits per heavy atom. The molecule has 1 unspecified atom stereocenters. The van der Waals surface area contributed by atoms with Crippen molar-refractivity contribution < 1.29 is 4.74 Å². The Balaban J connectivity index is 2.09. The largest absolute Gasteiger partial charge is 0.493 e. The molecule has 0 spiro atoms. The summed E-state index contributed by atoms with van der Waals surface area (Å²) >= 11 is 0. The van der Waals surface area contributed by atoms with Gasteiger partial charge in [-0.2, -0.15) is 0 Å². The molecule has 5 heteroatoms. The Morgan fingerprint density at radius 2 is 2.14 bits per heavy atom. The summed E-state index contributed by atoms with van der Waals surface area (Å²) in [4.78, 5) is 19.6. The first-order valence-corrected chi connectivity index (χ1v) is 7.19. The van der Waals surface area contributed by atoms with E-state index in [1.807, 2.05) is 38.1 Å². The lowest BCUT2D eigenvalue weighted by molar-refractivity contribution is 0.274. The number of H-pyrrole nitrogens is 1. The number of hydrogen-bond donors (Lipinski definition) is 2. The molecule has 1 aromatic heterocycles. The van der Waals surface area contributed by atoms with Gasteiger partial charge < -0.3 is 15.5 Å². The van der Waals surface area contributed by atoms with Gasteiger partial charge in [-0.05, 0) is 18.4 Å². The highest BCUT2D eigenvalue weighted by atomic mass is 16.5. The van der Waals surface area contributed by atoms with Crippen LogP contribution in [0.2, 0.25) is 0 Å². The van der Waals surface area contributed by atoms with E-state index in [0.29, 0.717) is 23.8 Å². The van der Waals surface area contributed by atoms with Crippen molar-refractivity contribution in [2.24, 2.45) is 0 Å². The molecule has 0 bridgehead atoms. The van der Waals surface area contributed by atoms with E-state index in [1.54, 1.807) is 0 Å². The summed E-state index contributed by atoms with van der Waals surface area (Å²) in [5, 5.41) is 0. The van der Waals surface area contributed by atoms with E-state index in [0.717, 1.165) is 17.7 Å². The van der Waals surface area contributed by atoms with Gasteiger partial charge in [0.1, 0.15) is 17.4 Å². The van der Waals surface area contributed by atoms with Crippen molar-refractivity contribution in [3.63, 3.8) is 0 Å². The van der Waals surface area contributed by atoms with Gasteiger partial charge in [0.05, 0.1) is 12.2 Å². The number of aromatic amines is 1. The van der Waals surface area contributed by atoms with Gasteiger partial charge >= 0.3 is 0 Å². The Labute approximate surface area is 123 Å². The molecule has 110 valence electrons. The van der Waals surface area contributed by atoms with E-state index >= 15 is 0 Å². The van der Waals surface area contributed by atoms with Crippen molar-refractivity contribution in [3.8, 4) is 5.75 Å². The van der Waals surface area contributed by atoms with Crippen molar-refractivity contribution in [2.45, 2.75) is 32.1 Å². The number of nitrogens with one attached hydrogen (secondary N) is 1. The van der Waals surface area contributed by atoms with Gasteiger partial charge in [-0.25, -0.2) is 4.98 Å². The molecule has 2 aromatic rings. The van der Waals surface area contributed by atoms with E-state index in [4.69, 9.17) is 10.5 Å². The highest BCUT2D eigenvalue weighted by molar-refractivity contribution is 5.44. The van der Waals surface area contributed by atoms with Gasteiger partial charge in [0.15, 0.2) is 0 Å². The number of para-hydroxylation sites is 1. The molecule has 0 fully saturated rings. The average molecular weight is 285 g/mol. The molecule has 0 saturated heterocycles. The summed E-state index contributed by atoms with van der Waals surface area (Å²) < 4.78 is 5.65. The molecule has 1 aromatic carbocycles. The molecule has 0 aliphatic carbocycles. The zero-order valence-electron chi connectivity index (χ0n) is 12.2. The number of nitrogen functional groups attached to an aromatic ring is 1. The number of benzene rings is 1. The van der Waals surface area contributed by atoms with Crippen molar-refractivity contribution in [1.82, 2.24) is 9.97 Å². The summed E-state index contributed by atoms with van der Waals surface area (Å²) in [6.45, 7) is 4.48. The lowest BCUT2D eigenvalue weighted by atomic mass is 9.92. The monoisotopic (exact) mass is 285 g/mol. The minimum Gasteiger partial charge on any atom is -0.493 e. The third kappa shape index (κ3) is 2.39. The van der Waals surface area contributed by atoms with E-state index in [9.17, 15) is 4.79 Å². The Bertz CT molecular complexity index is 722. The zero-order valence-corrected chi connectivity index (χ0v) is 12.2. The molecule has 1 aliphatic rings. The predicted octanol–water partition coefficient (Wildman–Crippen LogP) is 2.39. The molecule has 3 N–H and O–H groups in total. The van der Waals surface area contributed by atoms with Crippen molar-refractivity contribution in [2.75, 3.05) is 12.3 Å². The van der Waals surface area contributed by atoms with Gasteiger partial charge in [-0.1, -0.05) is 32.0 Å². The van der Waals surface area contributed by atoms with Crippen molar-refractivity contribution in [1.29, 1.82) is 0 Å². The number of ether oxygens (including phenoxy) is 1. The molecule has 3 rings (SSSR count). The lowest BCUT2D eigenvalue weighted by Gasteiger charge is -2.25. The molecular formula is C16H19N3O2. The van der Waals surface area contributed by atoms with Crippen LogP contribution in [-0.2, 0) is 0 Å². The average Bonchev–Trinajstić information content (AvgIpc) is 2.45. The van der Waals surface area contributed by atoms with Gasteiger partial charge in [0.2, 0.25) is 0 Å². The number of nitrogens with two attached hydrogens (primary N) is 1. The van der Waals surface area contributed by atoms with Crippen LogP contribution in [0, 0.1) is 0 Å². The summed E-state index contributed by atoms with van der Waals surface area (Å²) in [6, 6.07) is 7.84. The fourth-order valence-corrected chi connectivity index (χ4v) is 2.87. The molecule has 0 saturated carbocycles. The summed E-state index contributed by atoms with van der Waals surface area (Å²) in [7, 11) is 0. The SMILES string of the molecule is CC(C)c1c(N)nc(C2CCOc3ccccc32)[nH]c1=O. The number of aromatic nitrogens is 2. The Kier molecular flexibility index (Phi) is 3.41. The number of fused-ring (bicyclic) bond motifs is 1. The van der Waals surface area contributed by atoms with Crippen molar-refractivity contribution >= 4 is 5.82 Å². The topological polar surface area (TPSA) is 81.0 Å². The van der Waals surface area contributed by atoms with Crippen LogP contribution in [0.25, 0.3) is 0 Å². The van der Waals surface area contributed by atoms with Gasteiger partial charge in [-0.15, -0.1) is 0 Å². The summed E-state index contributed by atoms with van der Waals surface area (Å²) in [5.41, 5.74) is 7.44. The number of hydrogen-bond acceptors (Lipinski definition) is 4. The molecule has 0 amide bonds. The summed E-state index contributed by atoms with van der Waals surface area (Å²) in [6.07, 6.45) is 0.778. The highest BCUT2D eigenvalue weighted by Gasteiger charge is 2.26. The fourth-order valence-electron chi connectivity index (χ4n) is 2.87. The van der Waals surface area contributed by atoms with Crippen LogP contribution in [0.15, 0.2) is 29.1 Å². The van der Waals surface area contributed by atoms with E-state index in [2.05, 4.69) is 9.97 Å². The molecule has 21 heavy (non-hydrogen) atoms. The van der Waals surface area contributed by atoms with Gasteiger partial charge in [-0.3, -0.25) is 4.79 Å². The fraction of sp³-hybridized carbons (Fsp3) is 0.375. The van der Waals surface area contributed by atoms with Crippen LogP contribution in [0.5, 0.6) is 5.75 Å². The second kappa shape index (κ2) is 5.24. The van der Waals surface area contributed by atoms with E-state index < -0.39 is 0 Å². The highest BCUT2D eigenvalue weighted by Crippen LogP contribution is 2.36.